The molecule has 0 bridgehead atoms. The molecule has 1 amide bonds. The fourth-order valence-corrected chi connectivity index (χ4v) is 2.12. The molecule has 0 radical (unpaired) electrons. The van der Waals surface area contributed by atoms with Crippen LogP contribution < -0.4 is 10.6 Å². The summed E-state index contributed by atoms with van der Waals surface area (Å²) in [6.45, 7) is 1.10. The van der Waals surface area contributed by atoms with Crippen LogP contribution in [0.3, 0.4) is 0 Å². The van der Waals surface area contributed by atoms with E-state index < -0.39 is 0 Å². The summed E-state index contributed by atoms with van der Waals surface area (Å²) < 4.78 is 5.54. The van der Waals surface area contributed by atoms with Crippen molar-refractivity contribution in [3.63, 3.8) is 0 Å². The van der Waals surface area contributed by atoms with E-state index in [9.17, 15) is 4.79 Å². The summed E-state index contributed by atoms with van der Waals surface area (Å²) >= 11 is 5.84. The Morgan fingerprint density at radius 1 is 1.50 bits per heavy atom. The Balaban J connectivity index is 1.83. The third kappa shape index (κ3) is 3.45. The quantitative estimate of drug-likeness (QED) is 0.860. The van der Waals surface area contributed by atoms with Gasteiger partial charge in [-0.15, -0.1) is 0 Å². The molecule has 0 saturated carbocycles. The van der Waals surface area contributed by atoms with Crippen LogP contribution in [0, 0.1) is 0 Å². The molecular formula is C13H17ClN2O2. The minimum atomic E-state index is -0.378. The largest absolute Gasteiger partial charge is 0.365 e. The van der Waals surface area contributed by atoms with Crippen molar-refractivity contribution in [3.05, 3.63) is 34.9 Å². The number of amides is 1. The van der Waals surface area contributed by atoms with Crippen LogP contribution in [0.25, 0.3) is 0 Å². The van der Waals surface area contributed by atoms with Crippen molar-refractivity contribution >= 4 is 17.5 Å². The molecule has 0 aromatic heterocycles. The van der Waals surface area contributed by atoms with Crippen molar-refractivity contribution in [3.8, 4) is 0 Å². The Morgan fingerprint density at radius 2 is 2.22 bits per heavy atom. The van der Waals surface area contributed by atoms with Gasteiger partial charge >= 0.3 is 0 Å². The standard InChI is InChI=1S/C13H17ClN2O2/c1-15-13(17)12-7-16-11(8-18-12)6-9-2-4-10(14)5-3-9/h2-5,11-12,16H,6-8H2,1H3,(H,15,17)/t11-,12?/m0/s1. The number of benzene rings is 1. The van der Waals surface area contributed by atoms with Crippen molar-refractivity contribution in [2.75, 3.05) is 20.2 Å². The highest BCUT2D eigenvalue weighted by Crippen LogP contribution is 2.12. The van der Waals surface area contributed by atoms with Gasteiger partial charge in [-0.3, -0.25) is 4.79 Å². The average molecular weight is 269 g/mol. The Labute approximate surface area is 112 Å². The lowest BCUT2D eigenvalue weighted by Gasteiger charge is -2.29. The number of ether oxygens (including phenoxy) is 1. The summed E-state index contributed by atoms with van der Waals surface area (Å²) in [5.41, 5.74) is 1.21. The summed E-state index contributed by atoms with van der Waals surface area (Å²) in [7, 11) is 1.62. The molecule has 2 N–H and O–H groups in total. The lowest BCUT2D eigenvalue weighted by molar-refractivity contribution is -0.135. The lowest BCUT2D eigenvalue weighted by atomic mass is 10.1. The highest BCUT2D eigenvalue weighted by atomic mass is 35.5. The lowest BCUT2D eigenvalue weighted by Crippen LogP contribution is -2.52. The van der Waals surface area contributed by atoms with Crippen LogP contribution in [0.2, 0.25) is 5.02 Å². The molecule has 1 aliphatic rings. The van der Waals surface area contributed by atoms with Crippen LogP contribution >= 0.6 is 11.6 Å². The molecule has 2 atom stereocenters. The van der Waals surface area contributed by atoms with E-state index in [1.807, 2.05) is 24.3 Å². The van der Waals surface area contributed by atoms with Crippen LogP contribution in [0.15, 0.2) is 24.3 Å². The van der Waals surface area contributed by atoms with Gasteiger partial charge in [-0.05, 0) is 24.1 Å². The number of carbonyl (C=O) groups is 1. The van der Waals surface area contributed by atoms with Gasteiger partial charge in [0, 0.05) is 24.7 Å². The zero-order chi connectivity index (χ0) is 13.0. The topological polar surface area (TPSA) is 50.4 Å². The second kappa shape index (κ2) is 6.18. The van der Waals surface area contributed by atoms with Crippen LogP contribution in [-0.4, -0.2) is 38.3 Å². The average Bonchev–Trinajstić information content (AvgIpc) is 2.41. The van der Waals surface area contributed by atoms with Gasteiger partial charge in [0.05, 0.1) is 6.61 Å². The number of halogens is 1. The van der Waals surface area contributed by atoms with E-state index in [2.05, 4.69) is 10.6 Å². The number of hydrogen-bond donors (Lipinski definition) is 2. The van der Waals surface area contributed by atoms with Gasteiger partial charge in [-0.2, -0.15) is 0 Å². The zero-order valence-electron chi connectivity index (χ0n) is 10.3. The van der Waals surface area contributed by atoms with E-state index in [-0.39, 0.29) is 18.1 Å². The van der Waals surface area contributed by atoms with E-state index in [4.69, 9.17) is 16.3 Å². The SMILES string of the molecule is CNC(=O)C1CN[C@@H](Cc2ccc(Cl)cc2)CO1. The summed E-state index contributed by atoms with van der Waals surface area (Å²) in [5.74, 6) is -0.0764. The molecule has 0 aliphatic carbocycles. The van der Waals surface area contributed by atoms with Crippen LogP contribution in [0.1, 0.15) is 5.56 Å². The van der Waals surface area contributed by atoms with E-state index >= 15 is 0 Å². The third-order valence-corrected chi connectivity index (χ3v) is 3.28. The minimum absolute atomic E-state index is 0.0764. The van der Waals surface area contributed by atoms with E-state index in [1.54, 1.807) is 7.05 Å². The first-order chi connectivity index (χ1) is 8.69. The zero-order valence-corrected chi connectivity index (χ0v) is 11.0. The molecule has 1 unspecified atom stereocenters. The Hall–Kier alpha value is -1.10. The normalized spacial score (nSPS) is 23.7. The maximum atomic E-state index is 11.4. The summed E-state index contributed by atoms with van der Waals surface area (Å²) in [6.07, 6.45) is 0.494. The second-order valence-electron chi connectivity index (χ2n) is 4.37. The highest BCUT2D eigenvalue weighted by molar-refractivity contribution is 6.30. The molecular weight excluding hydrogens is 252 g/mol. The fraction of sp³-hybridized carbons (Fsp3) is 0.462. The molecule has 1 aromatic carbocycles. The summed E-state index contributed by atoms with van der Waals surface area (Å²) in [6, 6.07) is 8.03. The monoisotopic (exact) mass is 268 g/mol. The first-order valence-electron chi connectivity index (χ1n) is 6.00. The molecule has 1 aliphatic heterocycles. The van der Waals surface area contributed by atoms with Crippen LogP contribution in [0.5, 0.6) is 0 Å². The molecule has 1 heterocycles. The van der Waals surface area contributed by atoms with Crippen LogP contribution in [-0.2, 0) is 16.0 Å². The molecule has 1 fully saturated rings. The van der Waals surface area contributed by atoms with Gasteiger partial charge in [-0.25, -0.2) is 0 Å². The summed E-state index contributed by atoms with van der Waals surface area (Å²) in [5, 5.41) is 6.66. The van der Waals surface area contributed by atoms with Crippen molar-refractivity contribution in [2.45, 2.75) is 18.6 Å². The number of rotatable bonds is 3. The van der Waals surface area contributed by atoms with Gasteiger partial charge in [0.25, 0.3) is 0 Å². The van der Waals surface area contributed by atoms with Crippen molar-refractivity contribution < 1.29 is 9.53 Å². The number of likely N-dealkylation sites (N-methyl/N-ethyl adjacent to an activating group) is 1. The van der Waals surface area contributed by atoms with E-state index in [0.29, 0.717) is 13.2 Å². The molecule has 5 heteroatoms. The molecule has 98 valence electrons. The van der Waals surface area contributed by atoms with Gasteiger partial charge in [0.1, 0.15) is 6.10 Å². The highest BCUT2D eigenvalue weighted by Gasteiger charge is 2.25. The Morgan fingerprint density at radius 3 is 2.78 bits per heavy atom. The van der Waals surface area contributed by atoms with Gasteiger partial charge in [0.15, 0.2) is 0 Å². The van der Waals surface area contributed by atoms with Crippen molar-refractivity contribution in [2.24, 2.45) is 0 Å². The molecule has 2 rings (SSSR count). The first kappa shape index (κ1) is 13.3. The molecule has 4 nitrogen and oxygen atoms in total. The minimum Gasteiger partial charge on any atom is -0.365 e. The number of nitrogens with one attached hydrogen (secondary N) is 2. The number of morpholine rings is 1. The number of carbonyl (C=O) groups excluding carboxylic acids is 1. The second-order valence-corrected chi connectivity index (χ2v) is 4.81. The first-order valence-corrected chi connectivity index (χ1v) is 6.38. The Bertz CT molecular complexity index is 400. The fourth-order valence-electron chi connectivity index (χ4n) is 1.99. The third-order valence-electron chi connectivity index (χ3n) is 3.02. The molecule has 1 saturated heterocycles. The van der Waals surface area contributed by atoms with Crippen molar-refractivity contribution in [1.82, 2.24) is 10.6 Å². The van der Waals surface area contributed by atoms with Crippen LogP contribution in [0.4, 0.5) is 0 Å². The predicted octanol–water partition coefficient (Wildman–Crippen LogP) is 0.986. The number of hydrogen-bond acceptors (Lipinski definition) is 3. The van der Waals surface area contributed by atoms with E-state index in [1.165, 1.54) is 5.56 Å². The molecule has 0 spiro atoms. The van der Waals surface area contributed by atoms with Crippen molar-refractivity contribution in [1.29, 1.82) is 0 Å². The predicted molar refractivity (Wildman–Crippen MR) is 70.8 cm³/mol. The Kier molecular flexibility index (Phi) is 4.58. The van der Waals surface area contributed by atoms with E-state index in [0.717, 1.165) is 11.4 Å². The van der Waals surface area contributed by atoms with Gasteiger partial charge in [-0.1, -0.05) is 23.7 Å². The van der Waals surface area contributed by atoms with Gasteiger partial charge in [0.2, 0.25) is 5.91 Å². The maximum absolute atomic E-state index is 11.4. The summed E-state index contributed by atoms with van der Waals surface area (Å²) in [4.78, 5) is 11.4. The van der Waals surface area contributed by atoms with Gasteiger partial charge < -0.3 is 15.4 Å². The smallest absolute Gasteiger partial charge is 0.250 e. The molecule has 18 heavy (non-hydrogen) atoms. The maximum Gasteiger partial charge on any atom is 0.250 e. The molecule has 1 aromatic rings.